The maximum absolute atomic E-state index is 11.4. The van der Waals surface area contributed by atoms with E-state index in [1.807, 2.05) is 17.0 Å². The van der Waals surface area contributed by atoms with Crippen LogP contribution in [0.2, 0.25) is 0 Å². The second-order valence-electron chi connectivity index (χ2n) is 3.89. The van der Waals surface area contributed by atoms with Crippen molar-refractivity contribution in [1.29, 1.82) is 0 Å². The van der Waals surface area contributed by atoms with Crippen LogP contribution in [0.1, 0.15) is 28.8 Å². The largest absolute Gasteiger partial charge is 0.338 e. The van der Waals surface area contributed by atoms with Crippen LogP contribution in [0.25, 0.3) is 0 Å². The third-order valence-corrected chi connectivity index (χ3v) is 2.94. The minimum absolute atomic E-state index is 0.206. The highest BCUT2D eigenvalue weighted by Gasteiger charge is 2.19. The van der Waals surface area contributed by atoms with Crippen molar-refractivity contribution < 1.29 is 9.59 Å². The fraction of sp³-hybridized carbons (Fsp3) is 0.333. The van der Waals surface area contributed by atoms with E-state index in [1.54, 1.807) is 12.1 Å². The summed E-state index contributed by atoms with van der Waals surface area (Å²) in [4.78, 5) is 24.1. The van der Waals surface area contributed by atoms with Gasteiger partial charge in [-0.1, -0.05) is 12.1 Å². The third-order valence-electron chi connectivity index (χ3n) is 2.73. The molecule has 0 aromatic heterocycles. The highest BCUT2D eigenvalue weighted by molar-refractivity contribution is 6.67. The Morgan fingerprint density at radius 3 is 2.50 bits per heavy atom. The van der Waals surface area contributed by atoms with Crippen molar-refractivity contribution in [3.05, 3.63) is 35.4 Å². The molecular formula is C12H12ClNO2. The van der Waals surface area contributed by atoms with Gasteiger partial charge < -0.3 is 4.90 Å². The molecule has 4 heteroatoms. The van der Waals surface area contributed by atoms with Crippen LogP contribution in [0.4, 0.5) is 0 Å². The van der Waals surface area contributed by atoms with Crippen molar-refractivity contribution >= 4 is 22.8 Å². The molecule has 1 aliphatic heterocycles. The highest BCUT2D eigenvalue weighted by atomic mass is 35.5. The Hall–Kier alpha value is -1.35. The molecular weight excluding hydrogens is 226 g/mol. The lowest BCUT2D eigenvalue weighted by Crippen LogP contribution is -2.23. The minimum Gasteiger partial charge on any atom is -0.338 e. The van der Waals surface area contributed by atoms with Crippen molar-refractivity contribution in [3.63, 3.8) is 0 Å². The molecule has 0 aliphatic carbocycles. The summed E-state index contributed by atoms with van der Waals surface area (Å²) in [6, 6.07) is 7.04. The Kier molecular flexibility index (Phi) is 3.25. The molecule has 84 valence electrons. The van der Waals surface area contributed by atoms with Gasteiger partial charge in [-0.2, -0.15) is 0 Å². The molecule has 1 heterocycles. The average molecular weight is 238 g/mol. The number of benzene rings is 1. The standard InChI is InChI=1S/C12H12ClNO2/c13-12(16)10-5-3-9(4-6-10)8-14-7-1-2-11(14)15/h3-6H,1-2,7-8H2. The van der Waals surface area contributed by atoms with E-state index >= 15 is 0 Å². The van der Waals surface area contributed by atoms with E-state index in [9.17, 15) is 9.59 Å². The fourth-order valence-electron chi connectivity index (χ4n) is 1.83. The predicted octanol–water partition coefficient (Wildman–Crippen LogP) is 2.19. The van der Waals surface area contributed by atoms with E-state index in [2.05, 4.69) is 0 Å². The monoisotopic (exact) mass is 237 g/mol. The van der Waals surface area contributed by atoms with Gasteiger partial charge in [-0.05, 0) is 35.7 Å². The quantitative estimate of drug-likeness (QED) is 0.756. The minimum atomic E-state index is -0.455. The number of halogens is 1. The second-order valence-corrected chi connectivity index (χ2v) is 4.23. The summed E-state index contributed by atoms with van der Waals surface area (Å²) in [5.74, 6) is 0.206. The summed E-state index contributed by atoms with van der Waals surface area (Å²) in [5.41, 5.74) is 1.51. The summed E-state index contributed by atoms with van der Waals surface area (Å²) in [5, 5.41) is -0.455. The van der Waals surface area contributed by atoms with Crippen LogP contribution in [0, 0.1) is 0 Å². The summed E-state index contributed by atoms with van der Waals surface area (Å²) < 4.78 is 0. The van der Waals surface area contributed by atoms with Gasteiger partial charge in [0.25, 0.3) is 5.24 Å². The van der Waals surface area contributed by atoms with Crippen molar-refractivity contribution in [2.45, 2.75) is 19.4 Å². The van der Waals surface area contributed by atoms with Gasteiger partial charge >= 0.3 is 0 Å². The number of amides is 1. The highest BCUT2D eigenvalue weighted by Crippen LogP contribution is 2.15. The molecule has 0 bridgehead atoms. The Labute approximate surface area is 99.0 Å². The first-order valence-electron chi connectivity index (χ1n) is 5.23. The van der Waals surface area contributed by atoms with E-state index < -0.39 is 5.24 Å². The molecule has 0 saturated carbocycles. The topological polar surface area (TPSA) is 37.4 Å². The molecule has 2 rings (SSSR count). The van der Waals surface area contributed by atoms with Gasteiger partial charge in [0.05, 0.1) is 0 Å². The third kappa shape index (κ3) is 2.42. The van der Waals surface area contributed by atoms with E-state index in [0.717, 1.165) is 18.5 Å². The molecule has 1 saturated heterocycles. The average Bonchev–Trinajstić information content (AvgIpc) is 2.65. The van der Waals surface area contributed by atoms with Crippen LogP contribution in [-0.2, 0) is 11.3 Å². The number of likely N-dealkylation sites (tertiary alicyclic amines) is 1. The SMILES string of the molecule is O=C(Cl)c1ccc(CN2CCCC2=O)cc1. The maximum Gasteiger partial charge on any atom is 0.252 e. The van der Waals surface area contributed by atoms with Gasteiger partial charge in [-0.3, -0.25) is 9.59 Å². The number of nitrogens with zero attached hydrogens (tertiary/aromatic N) is 1. The summed E-state index contributed by atoms with van der Waals surface area (Å²) in [6.45, 7) is 1.45. The van der Waals surface area contributed by atoms with Crippen LogP contribution in [0.5, 0.6) is 0 Å². The van der Waals surface area contributed by atoms with Crippen LogP contribution >= 0.6 is 11.6 Å². The molecule has 0 unspecified atom stereocenters. The van der Waals surface area contributed by atoms with E-state index in [1.165, 1.54) is 0 Å². The van der Waals surface area contributed by atoms with Crippen LogP contribution in [0.15, 0.2) is 24.3 Å². The lowest BCUT2D eigenvalue weighted by atomic mass is 10.1. The summed E-state index contributed by atoms with van der Waals surface area (Å²) >= 11 is 5.35. The molecule has 3 nitrogen and oxygen atoms in total. The van der Waals surface area contributed by atoms with Crippen LogP contribution in [0.3, 0.4) is 0 Å². The van der Waals surface area contributed by atoms with Crippen molar-refractivity contribution in [1.82, 2.24) is 4.90 Å². The molecule has 1 aromatic carbocycles. The zero-order valence-corrected chi connectivity index (χ0v) is 9.54. The lowest BCUT2D eigenvalue weighted by molar-refractivity contribution is -0.128. The van der Waals surface area contributed by atoms with Crippen molar-refractivity contribution in [3.8, 4) is 0 Å². The van der Waals surface area contributed by atoms with E-state index in [-0.39, 0.29) is 5.91 Å². The van der Waals surface area contributed by atoms with Crippen LogP contribution in [-0.4, -0.2) is 22.6 Å². The molecule has 1 aromatic rings. The molecule has 0 atom stereocenters. The molecule has 1 aliphatic rings. The Morgan fingerprint density at radius 1 is 1.31 bits per heavy atom. The first-order chi connectivity index (χ1) is 7.66. The zero-order valence-electron chi connectivity index (χ0n) is 8.78. The maximum atomic E-state index is 11.4. The van der Waals surface area contributed by atoms with Gasteiger partial charge in [0.2, 0.25) is 5.91 Å². The Morgan fingerprint density at radius 2 is 2.00 bits per heavy atom. The van der Waals surface area contributed by atoms with Crippen LogP contribution < -0.4 is 0 Å². The predicted molar refractivity (Wildman–Crippen MR) is 61.3 cm³/mol. The molecule has 1 amide bonds. The fourth-order valence-corrected chi connectivity index (χ4v) is 1.96. The molecule has 1 fully saturated rings. The second kappa shape index (κ2) is 4.66. The molecule has 0 radical (unpaired) electrons. The Balaban J connectivity index is 2.05. The normalized spacial score (nSPS) is 15.6. The number of hydrogen-bond acceptors (Lipinski definition) is 2. The number of rotatable bonds is 3. The molecule has 0 N–H and O–H groups in total. The summed E-state index contributed by atoms with van der Waals surface area (Å²) in [7, 11) is 0. The van der Waals surface area contributed by atoms with Crippen molar-refractivity contribution in [2.75, 3.05) is 6.54 Å². The van der Waals surface area contributed by atoms with Gasteiger partial charge in [-0.25, -0.2) is 0 Å². The Bertz CT molecular complexity index is 414. The summed E-state index contributed by atoms with van der Waals surface area (Å²) in [6.07, 6.45) is 1.59. The number of carbonyl (C=O) groups excluding carboxylic acids is 2. The smallest absolute Gasteiger partial charge is 0.252 e. The lowest BCUT2D eigenvalue weighted by Gasteiger charge is -2.15. The van der Waals surface area contributed by atoms with Gasteiger partial charge in [-0.15, -0.1) is 0 Å². The number of hydrogen-bond donors (Lipinski definition) is 0. The van der Waals surface area contributed by atoms with Gasteiger partial charge in [0, 0.05) is 25.1 Å². The molecule has 16 heavy (non-hydrogen) atoms. The van der Waals surface area contributed by atoms with E-state index in [0.29, 0.717) is 18.5 Å². The molecule has 0 spiro atoms. The first kappa shape index (κ1) is 11.1. The number of carbonyl (C=O) groups is 2. The zero-order chi connectivity index (χ0) is 11.5. The first-order valence-corrected chi connectivity index (χ1v) is 5.61. The van der Waals surface area contributed by atoms with Gasteiger partial charge in [0.15, 0.2) is 0 Å². The van der Waals surface area contributed by atoms with E-state index in [4.69, 9.17) is 11.6 Å². The van der Waals surface area contributed by atoms with Crippen molar-refractivity contribution in [2.24, 2.45) is 0 Å². The van der Waals surface area contributed by atoms with Gasteiger partial charge in [0.1, 0.15) is 0 Å².